The van der Waals surface area contributed by atoms with E-state index < -0.39 is 11.9 Å². The van der Waals surface area contributed by atoms with Gasteiger partial charge in [0.25, 0.3) is 0 Å². The van der Waals surface area contributed by atoms with Crippen molar-refractivity contribution in [1.82, 2.24) is 0 Å². The van der Waals surface area contributed by atoms with Gasteiger partial charge in [0, 0.05) is 25.7 Å². The molecule has 0 aliphatic heterocycles. The Labute approximate surface area is 164 Å². The number of nitrogens with zero attached hydrogens (tertiary/aromatic N) is 1. The molecular weight excluding hydrogens is 357 g/mol. The summed E-state index contributed by atoms with van der Waals surface area (Å²) in [6.45, 7) is 1.95. The molecule has 1 aliphatic rings. The molecule has 0 saturated heterocycles. The van der Waals surface area contributed by atoms with Crippen molar-refractivity contribution in [2.24, 2.45) is 5.92 Å². The largest absolute Gasteiger partial charge is 0.465 e. The standard InChI is InChI=1S/C23H24FNO3/c1-4-28-23(27)22-20(16-7-11-19(12-8-16)25(2)3)13-17(14-21(22)26)15-5-9-18(24)10-6-15/h5-12,14,20,22H,4,13H2,1-3H3. The molecule has 28 heavy (non-hydrogen) atoms. The molecule has 0 aromatic heterocycles. The van der Waals surface area contributed by atoms with Gasteiger partial charge < -0.3 is 9.64 Å². The first-order valence-electron chi connectivity index (χ1n) is 9.35. The first-order chi connectivity index (χ1) is 13.4. The maximum Gasteiger partial charge on any atom is 0.317 e. The topological polar surface area (TPSA) is 46.6 Å². The summed E-state index contributed by atoms with van der Waals surface area (Å²) in [5, 5.41) is 0. The third-order valence-electron chi connectivity index (χ3n) is 5.06. The number of allylic oxidation sites excluding steroid dienone is 2. The zero-order valence-corrected chi connectivity index (χ0v) is 16.3. The summed E-state index contributed by atoms with van der Waals surface area (Å²) < 4.78 is 18.5. The number of halogens is 1. The van der Waals surface area contributed by atoms with Crippen molar-refractivity contribution >= 4 is 23.0 Å². The van der Waals surface area contributed by atoms with Gasteiger partial charge >= 0.3 is 5.97 Å². The van der Waals surface area contributed by atoms with Crippen molar-refractivity contribution < 1.29 is 18.7 Å². The monoisotopic (exact) mass is 381 g/mol. The van der Waals surface area contributed by atoms with Crippen LogP contribution in [0.4, 0.5) is 10.1 Å². The van der Waals surface area contributed by atoms with Crippen molar-refractivity contribution in [1.29, 1.82) is 0 Å². The van der Waals surface area contributed by atoms with Gasteiger partial charge in [-0.3, -0.25) is 9.59 Å². The van der Waals surface area contributed by atoms with Gasteiger partial charge in [0.15, 0.2) is 5.78 Å². The van der Waals surface area contributed by atoms with Gasteiger partial charge in [-0.15, -0.1) is 0 Å². The quantitative estimate of drug-likeness (QED) is 0.575. The lowest BCUT2D eigenvalue weighted by Gasteiger charge is -2.30. The van der Waals surface area contributed by atoms with Gasteiger partial charge in [-0.1, -0.05) is 24.3 Å². The third-order valence-corrected chi connectivity index (χ3v) is 5.06. The van der Waals surface area contributed by atoms with Gasteiger partial charge in [0.2, 0.25) is 0 Å². The van der Waals surface area contributed by atoms with E-state index in [2.05, 4.69) is 0 Å². The average Bonchev–Trinajstić information content (AvgIpc) is 2.68. The van der Waals surface area contributed by atoms with Crippen LogP contribution in [-0.4, -0.2) is 32.5 Å². The number of ketones is 1. The second kappa shape index (κ2) is 8.38. The molecule has 2 aromatic rings. The number of rotatable bonds is 5. The van der Waals surface area contributed by atoms with Gasteiger partial charge in [-0.25, -0.2) is 4.39 Å². The molecule has 0 N–H and O–H groups in total. The fraction of sp³-hybridized carbons (Fsp3) is 0.304. The Morgan fingerprint density at radius 1 is 1.11 bits per heavy atom. The molecular formula is C23H24FNO3. The highest BCUT2D eigenvalue weighted by molar-refractivity contribution is 6.10. The Hall–Kier alpha value is -2.95. The molecule has 2 aromatic carbocycles. The Morgan fingerprint density at radius 2 is 1.75 bits per heavy atom. The van der Waals surface area contributed by atoms with E-state index in [1.54, 1.807) is 19.1 Å². The van der Waals surface area contributed by atoms with E-state index in [9.17, 15) is 14.0 Å². The molecule has 0 spiro atoms. The third kappa shape index (κ3) is 4.14. The van der Waals surface area contributed by atoms with E-state index >= 15 is 0 Å². The number of benzene rings is 2. The predicted octanol–water partition coefficient (Wildman–Crippen LogP) is 4.21. The molecule has 0 saturated carbocycles. The lowest BCUT2D eigenvalue weighted by molar-refractivity contribution is -0.151. The Bertz CT molecular complexity index is 885. The van der Waals surface area contributed by atoms with Crippen LogP contribution in [0.5, 0.6) is 0 Å². The van der Waals surface area contributed by atoms with Crippen LogP contribution < -0.4 is 4.90 Å². The first-order valence-corrected chi connectivity index (χ1v) is 9.35. The van der Waals surface area contributed by atoms with Gasteiger partial charge in [0.1, 0.15) is 11.7 Å². The van der Waals surface area contributed by atoms with Gasteiger partial charge in [0.05, 0.1) is 6.61 Å². The lowest BCUT2D eigenvalue weighted by atomic mass is 9.73. The minimum Gasteiger partial charge on any atom is -0.465 e. The molecule has 0 amide bonds. The predicted molar refractivity (Wildman–Crippen MR) is 108 cm³/mol. The normalized spacial score (nSPS) is 19.1. The number of carbonyl (C=O) groups excluding carboxylic acids is 2. The molecule has 4 nitrogen and oxygen atoms in total. The van der Waals surface area contributed by atoms with Crippen molar-refractivity contribution in [3.8, 4) is 0 Å². The lowest BCUT2D eigenvalue weighted by Crippen LogP contribution is -2.34. The fourth-order valence-electron chi connectivity index (χ4n) is 3.58. The highest BCUT2D eigenvalue weighted by Crippen LogP contribution is 2.40. The minimum atomic E-state index is -0.866. The molecule has 3 rings (SSSR count). The summed E-state index contributed by atoms with van der Waals surface area (Å²) in [5.74, 6) is -2.29. The Morgan fingerprint density at radius 3 is 2.32 bits per heavy atom. The van der Waals surface area contributed by atoms with Crippen LogP contribution in [0.1, 0.15) is 30.4 Å². The van der Waals surface area contributed by atoms with Crippen molar-refractivity contribution in [3.63, 3.8) is 0 Å². The first kappa shape index (κ1) is 19.8. The number of ether oxygens (including phenoxy) is 1. The highest BCUT2D eigenvalue weighted by atomic mass is 19.1. The van der Waals surface area contributed by atoms with Crippen LogP contribution in [0.2, 0.25) is 0 Å². The summed E-state index contributed by atoms with van der Waals surface area (Å²) in [6, 6.07) is 13.9. The van der Waals surface area contributed by atoms with Crippen molar-refractivity contribution in [3.05, 3.63) is 71.6 Å². The molecule has 5 heteroatoms. The van der Waals surface area contributed by atoms with Crippen LogP contribution in [0.15, 0.2) is 54.6 Å². The van der Waals surface area contributed by atoms with E-state index in [1.165, 1.54) is 18.2 Å². The molecule has 2 unspecified atom stereocenters. The number of hydrogen-bond donors (Lipinski definition) is 0. The molecule has 0 bridgehead atoms. The maximum absolute atomic E-state index is 13.3. The van der Waals surface area contributed by atoms with Crippen LogP contribution in [0.3, 0.4) is 0 Å². The van der Waals surface area contributed by atoms with E-state index in [0.717, 1.165) is 22.4 Å². The van der Waals surface area contributed by atoms with Crippen LogP contribution >= 0.6 is 0 Å². The fourth-order valence-corrected chi connectivity index (χ4v) is 3.58. The zero-order valence-electron chi connectivity index (χ0n) is 16.3. The second-order valence-corrected chi connectivity index (χ2v) is 7.11. The highest BCUT2D eigenvalue weighted by Gasteiger charge is 2.39. The number of hydrogen-bond acceptors (Lipinski definition) is 4. The van der Waals surface area contributed by atoms with Crippen LogP contribution in [0.25, 0.3) is 5.57 Å². The van der Waals surface area contributed by atoms with Crippen LogP contribution in [-0.2, 0) is 14.3 Å². The minimum absolute atomic E-state index is 0.226. The maximum atomic E-state index is 13.3. The zero-order chi connectivity index (χ0) is 20.3. The summed E-state index contributed by atoms with van der Waals surface area (Å²) in [5.41, 5.74) is 3.52. The van der Waals surface area contributed by atoms with E-state index in [-0.39, 0.29) is 24.1 Å². The van der Waals surface area contributed by atoms with E-state index in [4.69, 9.17) is 4.74 Å². The van der Waals surface area contributed by atoms with Gasteiger partial charge in [-0.2, -0.15) is 0 Å². The average molecular weight is 381 g/mol. The second-order valence-electron chi connectivity index (χ2n) is 7.11. The Balaban J connectivity index is 1.99. The van der Waals surface area contributed by atoms with E-state index in [0.29, 0.717) is 6.42 Å². The number of carbonyl (C=O) groups is 2. The smallest absolute Gasteiger partial charge is 0.317 e. The molecule has 0 heterocycles. The summed E-state index contributed by atoms with van der Waals surface area (Å²) in [6.07, 6.45) is 2.00. The summed E-state index contributed by atoms with van der Waals surface area (Å²) in [4.78, 5) is 27.4. The molecule has 1 aliphatic carbocycles. The van der Waals surface area contributed by atoms with Crippen molar-refractivity contribution in [2.75, 3.05) is 25.6 Å². The number of anilines is 1. The molecule has 0 fully saturated rings. The molecule has 2 atom stereocenters. The van der Waals surface area contributed by atoms with Crippen LogP contribution in [0, 0.1) is 11.7 Å². The van der Waals surface area contributed by atoms with E-state index in [1.807, 2.05) is 43.3 Å². The molecule has 146 valence electrons. The summed E-state index contributed by atoms with van der Waals surface area (Å²) >= 11 is 0. The SMILES string of the molecule is CCOC(=O)C1C(=O)C=C(c2ccc(F)cc2)CC1c1ccc(N(C)C)cc1. The molecule has 0 radical (unpaired) electrons. The number of esters is 1. The summed E-state index contributed by atoms with van der Waals surface area (Å²) in [7, 11) is 3.91. The Kier molecular flexibility index (Phi) is 5.93. The van der Waals surface area contributed by atoms with Gasteiger partial charge in [-0.05, 0) is 60.4 Å². The van der Waals surface area contributed by atoms with Crippen molar-refractivity contribution in [2.45, 2.75) is 19.3 Å².